The second-order valence-electron chi connectivity index (χ2n) is 5.28. The third kappa shape index (κ3) is 4.01. The van der Waals surface area contributed by atoms with Gasteiger partial charge in [0.05, 0.1) is 18.7 Å². The van der Waals surface area contributed by atoms with E-state index in [1.807, 2.05) is 0 Å². The van der Waals surface area contributed by atoms with Crippen LogP contribution in [-0.4, -0.2) is 56.2 Å². The zero-order chi connectivity index (χ0) is 17.5. The van der Waals surface area contributed by atoms with Crippen LogP contribution in [0.5, 0.6) is 0 Å². The van der Waals surface area contributed by atoms with E-state index in [0.717, 1.165) is 0 Å². The van der Waals surface area contributed by atoms with Gasteiger partial charge in [0.25, 0.3) is 5.91 Å². The fourth-order valence-electron chi connectivity index (χ4n) is 2.56. The number of ether oxygens (including phenoxy) is 1. The SMILES string of the molecule is CO[C@H](c1ccc(C(=O)N2CCNC(=O)C2)cc1)[C@@H](CF)N=[N+]=[N-]. The molecule has 24 heavy (non-hydrogen) atoms. The molecule has 0 radical (unpaired) electrons. The van der Waals surface area contributed by atoms with Gasteiger partial charge in [-0.15, -0.1) is 0 Å². The summed E-state index contributed by atoms with van der Waals surface area (Å²) in [5.74, 6) is -0.437. The maximum Gasteiger partial charge on any atom is 0.254 e. The first-order chi connectivity index (χ1) is 11.6. The second kappa shape index (κ2) is 8.28. The van der Waals surface area contributed by atoms with Crippen molar-refractivity contribution in [2.24, 2.45) is 5.11 Å². The number of nitrogens with zero attached hydrogens (tertiary/aromatic N) is 4. The summed E-state index contributed by atoms with van der Waals surface area (Å²) >= 11 is 0. The Labute approximate surface area is 138 Å². The number of nitrogens with one attached hydrogen (secondary N) is 1. The lowest BCUT2D eigenvalue weighted by atomic mass is 10.0. The Morgan fingerprint density at radius 2 is 2.21 bits per heavy atom. The quantitative estimate of drug-likeness (QED) is 0.484. The molecule has 0 aliphatic carbocycles. The van der Waals surface area contributed by atoms with E-state index in [1.54, 1.807) is 24.3 Å². The molecule has 1 aromatic rings. The molecule has 1 aromatic carbocycles. The number of rotatable bonds is 6. The first kappa shape index (κ1) is 17.7. The predicted molar refractivity (Wildman–Crippen MR) is 84.0 cm³/mol. The van der Waals surface area contributed by atoms with Crippen LogP contribution in [0.2, 0.25) is 0 Å². The summed E-state index contributed by atoms with van der Waals surface area (Å²) in [6.45, 7) is 0.0564. The summed E-state index contributed by atoms with van der Waals surface area (Å²) in [6, 6.07) is 5.44. The van der Waals surface area contributed by atoms with Gasteiger partial charge in [-0.05, 0) is 23.2 Å². The Morgan fingerprint density at radius 3 is 2.75 bits per heavy atom. The minimum absolute atomic E-state index is 0.0299. The van der Waals surface area contributed by atoms with Crippen LogP contribution in [0.4, 0.5) is 4.39 Å². The van der Waals surface area contributed by atoms with Crippen molar-refractivity contribution in [2.45, 2.75) is 12.1 Å². The van der Waals surface area contributed by atoms with Gasteiger partial charge in [0.2, 0.25) is 5.91 Å². The lowest BCUT2D eigenvalue weighted by molar-refractivity contribution is -0.123. The zero-order valence-corrected chi connectivity index (χ0v) is 13.2. The Balaban J connectivity index is 2.15. The topological polar surface area (TPSA) is 107 Å². The van der Waals surface area contributed by atoms with Gasteiger partial charge in [-0.3, -0.25) is 14.0 Å². The summed E-state index contributed by atoms with van der Waals surface area (Å²) < 4.78 is 18.2. The van der Waals surface area contributed by atoms with E-state index >= 15 is 0 Å². The molecular formula is C15H18FN5O3. The molecule has 2 atom stereocenters. The van der Waals surface area contributed by atoms with Gasteiger partial charge in [0.1, 0.15) is 6.67 Å². The average molecular weight is 335 g/mol. The molecule has 2 amide bonds. The number of piperazine rings is 1. The van der Waals surface area contributed by atoms with Crippen LogP contribution in [-0.2, 0) is 9.53 Å². The van der Waals surface area contributed by atoms with Crippen LogP contribution >= 0.6 is 0 Å². The molecular weight excluding hydrogens is 317 g/mol. The molecule has 1 saturated heterocycles. The van der Waals surface area contributed by atoms with Crippen LogP contribution in [0.1, 0.15) is 22.0 Å². The van der Waals surface area contributed by atoms with Gasteiger partial charge in [0, 0.05) is 30.7 Å². The molecule has 0 spiro atoms. The van der Waals surface area contributed by atoms with Crippen molar-refractivity contribution in [3.63, 3.8) is 0 Å². The maximum atomic E-state index is 13.0. The number of azide groups is 1. The van der Waals surface area contributed by atoms with E-state index < -0.39 is 18.8 Å². The first-order valence-corrected chi connectivity index (χ1v) is 7.39. The van der Waals surface area contributed by atoms with Crippen LogP contribution in [0, 0.1) is 0 Å². The molecule has 128 valence electrons. The van der Waals surface area contributed by atoms with Gasteiger partial charge in [-0.1, -0.05) is 17.2 Å². The van der Waals surface area contributed by atoms with E-state index in [9.17, 15) is 14.0 Å². The second-order valence-corrected chi connectivity index (χ2v) is 5.28. The molecule has 1 aliphatic heterocycles. The van der Waals surface area contributed by atoms with Crippen molar-refractivity contribution >= 4 is 11.8 Å². The number of alkyl halides is 1. The molecule has 1 fully saturated rings. The van der Waals surface area contributed by atoms with Crippen molar-refractivity contribution in [3.8, 4) is 0 Å². The molecule has 0 unspecified atom stereocenters. The summed E-state index contributed by atoms with van der Waals surface area (Å²) in [7, 11) is 1.39. The van der Waals surface area contributed by atoms with Crippen molar-refractivity contribution in [1.29, 1.82) is 0 Å². The third-order valence-corrected chi connectivity index (χ3v) is 3.77. The van der Waals surface area contributed by atoms with Crippen molar-refractivity contribution in [3.05, 3.63) is 45.8 Å². The Kier molecular flexibility index (Phi) is 6.11. The largest absolute Gasteiger partial charge is 0.376 e. The summed E-state index contributed by atoms with van der Waals surface area (Å²) in [5.41, 5.74) is 9.51. The smallest absolute Gasteiger partial charge is 0.254 e. The van der Waals surface area contributed by atoms with Crippen LogP contribution in [0.15, 0.2) is 29.4 Å². The monoisotopic (exact) mass is 335 g/mol. The number of hydrogen-bond donors (Lipinski definition) is 1. The number of methoxy groups -OCH3 is 1. The number of carbonyl (C=O) groups excluding carboxylic acids is 2. The van der Waals surface area contributed by atoms with E-state index in [0.29, 0.717) is 24.2 Å². The summed E-state index contributed by atoms with van der Waals surface area (Å²) in [6.07, 6.45) is -0.740. The van der Waals surface area contributed by atoms with E-state index in [-0.39, 0.29) is 18.4 Å². The molecule has 0 bridgehead atoms. The maximum absolute atomic E-state index is 13.0. The number of benzene rings is 1. The van der Waals surface area contributed by atoms with Crippen molar-refractivity contribution in [2.75, 3.05) is 33.4 Å². The Hall–Kier alpha value is -2.64. The number of amides is 2. The normalized spacial score (nSPS) is 16.8. The fourth-order valence-corrected chi connectivity index (χ4v) is 2.56. The fraction of sp³-hybridized carbons (Fsp3) is 0.467. The van der Waals surface area contributed by atoms with E-state index in [1.165, 1.54) is 12.0 Å². The van der Waals surface area contributed by atoms with E-state index in [4.69, 9.17) is 10.3 Å². The van der Waals surface area contributed by atoms with Gasteiger partial charge < -0.3 is 15.0 Å². The number of hydrogen-bond acceptors (Lipinski definition) is 4. The highest BCUT2D eigenvalue weighted by Gasteiger charge is 2.24. The highest BCUT2D eigenvalue weighted by atomic mass is 19.1. The zero-order valence-electron chi connectivity index (χ0n) is 13.2. The van der Waals surface area contributed by atoms with Gasteiger partial charge in [0.15, 0.2) is 0 Å². The molecule has 8 nitrogen and oxygen atoms in total. The molecule has 1 aliphatic rings. The first-order valence-electron chi connectivity index (χ1n) is 7.39. The average Bonchev–Trinajstić information content (AvgIpc) is 2.61. The van der Waals surface area contributed by atoms with Gasteiger partial charge in [-0.2, -0.15) is 0 Å². The van der Waals surface area contributed by atoms with Gasteiger partial charge in [-0.25, -0.2) is 0 Å². The highest BCUT2D eigenvalue weighted by molar-refractivity contribution is 5.97. The standard InChI is InChI=1S/C15H18FN5O3/c1-24-14(12(8-16)19-20-17)10-2-4-11(5-3-10)15(23)21-7-6-18-13(22)9-21/h2-5,12,14H,6-9H2,1H3,(H,18,22)/t12-,14-/m1/s1. The summed E-state index contributed by atoms with van der Waals surface area (Å²) in [4.78, 5) is 27.8. The lowest BCUT2D eigenvalue weighted by Crippen LogP contribution is -2.49. The van der Waals surface area contributed by atoms with Crippen LogP contribution in [0.25, 0.3) is 10.4 Å². The van der Waals surface area contributed by atoms with E-state index in [2.05, 4.69) is 15.3 Å². The molecule has 2 rings (SSSR count). The van der Waals surface area contributed by atoms with Gasteiger partial charge >= 0.3 is 0 Å². The number of halogens is 1. The lowest BCUT2D eigenvalue weighted by Gasteiger charge is -2.27. The number of carbonyl (C=O) groups is 2. The Bertz CT molecular complexity index is 645. The van der Waals surface area contributed by atoms with Crippen LogP contribution < -0.4 is 5.32 Å². The predicted octanol–water partition coefficient (Wildman–Crippen LogP) is 1.59. The molecule has 1 heterocycles. The highest BCUT2D eigenvalue weighted by Crippen LogP contribution is 2.24. The minimum atomic E-state index is -0.979. The third-order valence-electron chi connectivity index (χ3n) is 3.77. The molecule has 9 heteroatoms. The molecule has 0 aromatic heterocycles. The van der Waals surface area contributed by atoms with Crippen molar-refractivity contribution < 1.29 is 18.7 Å². The minimum Gasteiger partial charge on any atom is -0.376 e. The Morgan fingerprint density at radius 1 is 1.50 bits per heavy atom. The molecule has 0 saturated carbocycles. The summed E-state index contributed by atoms with van der Waals surface area (Å²) in [5, 5.41) is 6.05. The molecule has 1 N–H and O–H groups in total. The van der Waals surface area contributed by atoms with Crippen LogP contribution in [0.3, 0.4) is 0 Å². The van der Waals surface area contributed by atoms with Crippen molar-refractivity contribution in [1.82, 2.24) is 10.2 Å².